The van der Waals surface area contributed by atoms with Gasteiger partial charge in [0.15, 0.2) is 5.13 Å². The zero-order chi connectivity index (χ0) is 22.2. The van der Waals surface area contributed by atoms with Crippen LogP contribution >= 0.6 is 11.3 Å². The molecule has 160 valence electrons. The summed E-state index contributed by atoms with van der Waals surface area (Å²) < 4.78 is 39.7. The largest absolute Gasteiger partial charge is 0.416 e. The summed E-state index contributed by atoms with van der Waals surface area (Å²) in [5.74, 6) is -0.330. The maximum atomic E-state index is 12.7. The van der Waals surface area contributed by atoms with Crippen molar-refractivity contribution < 1.29 is 18.0 Å². The fourth-order valence-electron chi connectivity index (χ4n) is 2.93. The zero-order valence-corrected chi connectivity index (χ0v) is 17.3. The summed E-state index contributed by atoms with van der Waals surface area (Å²) in [5.41, 5.74) is 0.750. The summed E-state index contributed by atoms with van der Waals surface area (Å²) in [6.07, 6.45) is 0.587. The van der Waals surface area contributed by atoms with E-state index in [4.69, 9.17) is 0 Å². The molecule has 7 nitrogen and oxygen atoms in total. The molecule has 1 atom stereocenters. The quantitative estimate of drug-likeness (QED) is 0.465. The van der Waals surface area contributed by atoms with E-state index < -0.39 is 11.7 Å². The monoisotopic (exact) mass is 446 g/mol. The molecule has 3 aromatic heterocycles. The number of hydrogen-bond donors (Lipinski definition) is 2. The Morgan fingerprint density at radius 3 is 2.61 bits per heavy atom. The summed E-state index contributed by atoms with van der Waals surface area (Å²) in [6, 6.07) is 6.04. The van der Waals surface area contributed by atoms with Crippen LogP contribution in [0.5, 0.6) is 0 Å². The highest BCUT2D eigenvalue weighted by molar-refractivity contribution is 7.15. The number of pyridine rings is 1. The lowest BCUT2D eigenvalue weighted by molar-refractivity contribution is -0.137. The van der Waals surface area contributed by atoms with Gasteiger partial charge >= 0.3 is 6.18 Å². The molecule has 1 unspecified atom stereocenters. The van der Waals surface area contributed by atoms with Gasteiger partial charge in [0, 0.05) is 35.4 Å². The maximum absolute atomic E-state index is 12.7. The number of aromatic nitrogens is 4. The summed E-state index contributed by atoms with van der Waals surface area (Å²) in [5, 5.41) is 11.4. The molecule has 0 spiro atoms. The van der Waals surface area contributed by atoms with Crippen LogP contribution in [-0.4, -0.2) is 25.7 Å². The Morgan fingerprint density at radius 1 is 1.16 bits per heavy atom. The van der Waals surface area contributed by atoms with Gasteiger partial charge in [-0.1, -0.05) is 11.3 Å². The summed E-state index contributed by atoms with van der Waals surface area (Å²) in [6.45, 7) is 1.82. The van der Waals surface area contributed by atoms with Gasteiger partial charge in [0.2, 0.25) is 0 Å². The van der Waals surface area contributed by atoms with Gasteiger partial charge in [-0.25, -0.2) is 9.97 Å². The molecule has 0 saturated carbocycles. The van der Waals surface area contributed by atoms with Crippen LogP contribution in [0.4, 0.5) is 24.0 Å². The third-order valence-corrected chi connectivity index (χ3v) is 5.59. The molecule has 0 fully saturated rings. The van der Waals surface area contributed by atoms with Crippen LogP contribution in [0.3, 0.4) is 0 Å². The maximum Gasteiger partial charge on any atom is 0.416 e. The van der Waals surface area contributed by atoms with Gasteiger partial charge in [-0.05, 0) is 37.3 Å². The third-order valence-electron chi connectivity index (χ3n) is 4.50. The van der Waals surface area contributed by atoms with Crippen molar-refractivity contribution in [1.82, 2.24) is 25.1 Å². The van der Waals surface area contributed by atoms with Crippen LogP contribution in [-0.2, 0) is 13.2 Å². The van der Waals surface area contributed by atoms with Crippen molar-refractivity contribution in [2.75, 3.05) is 5.32 Å². The van der Waals surface area contributed by atoms with Crippen LogP contribution in [0.15, 0.2) is 48.9 Å². The van der Waals surface area contributed by atoms with E-state index in [0.29, 0.717) is 16.3 Å². The topological polar surface area (TPSA) is 84.7 Å². The van der Waals surface area contributed by atoms with Crippen molar-refractivity contribution in [1.29, 1.82) is 0 Å². The second-order valence-electron chi connectivity index (χ2n) is 6.89. The first-order valence-electron chi connectivity index (χ1n) is 9.19. The smallest absolute Gasteiger partial charge is 0.343 e. The summed E-state index contributed by atoms with van der Waals surface area (Å²) in [7, 11) is 1.79. The van der Waals surface area contributed by atoms with Gasteiger partial charge in [0.25, 0.3) is 5.91 Å². The average molecular weight is 446 g/mol. The van der Waals surface area contributed by atoms with Crippen molar-refractivity contribution in [3.8, 4) is 0 Å². The van der Waals surface area contributed by atoms with Gasteiger partial charge in [-0.15, -0.1) is 0 Å². The molecule has 0 bridgehead atoms. The lowest BCUT2D eigenvalue weighted by atomic mass is 10.2. The summed E-state index contributed by atoms with van der Waals surface area (Å²) in [4.78, 5) is 21.7. The van der Waals surface area contributed by atoms with Crippen LogP contribution < -0.4 is 10.6 Å². The molecule has 1 aromatic carbocycles. The SMILES string of the molecule is CC(NC(=O)c1cc2cn(C)nc2cn1)c1cnc(Nc2ccc(C(F)(F)F)cc2)s1. The number of alkyl halides is 3. The molecule has 0 saturated heterocycles. The summed E-state index contributed by atoms with van der Waals surface area (Å²) >= 11 is 1.30. The Morgan fingerprint density at radius 2 is 1.90 bits per heavy atom. The Labute approximate surface area is 178 Å². The molecule has 4 aromatic rings. The van der Waals surface area contributed by atoms with Crippen molar-refractivity contribution in [3.63, 3.8) is 0 Å². The molecule has 0 radical (unpaired) electrons. The highest BCUT2D eigenvalue weighted by atomic mass is 32.1. The van der Waals surface area contributed by atoms with Crippen LogP contribution in [0.1, 0.15) is 33.9 Å². The standard InChI is InChI=1S/C20H17F3N6OS/c1-11(26-18(30)15-7-12-10-29(2)28-16(12)8-24-15)17-9-25-19(31-17)27-14-5-3-13(4-6-14)20(21,22)23/h3-11H,1-2H3,(H,25,27)(H,26,30). The highest BCUT2D eigenvalue weighted by Crippen LogP contribution is 2.31. The van der Waals surface area contributed by atoms with E-state index in [1.807, 2.05) is 6.92 Å². The number of nitrogens with one attached hydrogen (secondary N) is 2. The first-order chi connectivity index (χ1) is 14.7. The van der Waals surface area contributed by atoms with Crippen molar-refractivity contribution in [3.05, 3.63) is 65.1 Å². The van der Waals surface area contributed by atoms with E-state index in [-0.39, 0.29) is 17.6 Å². The number of fused-ring (bicyclic) bond motifs is 1. The number of rotatable bonds is 5. The second-order valence-corrected chi connectivity index (χ2v) is 7.96. The average Bonchev–Trinajstić information content (AvgIpc) is 3.32. The van der Waals surface area contributed by atoms with E-state index in [9.17, 15) is 18.0 Å². The number of thiazole rings is 1. The Balaban J connectivity index is 1.41. The number of anilines is 2. The number of halogens is 3. The molecule has 31 heavy (non-hydrogen) atoms. The van der Waals surface area contributed by atoms with Gasteiger partial charge in [0.1, 0.15) is 11.2 Å². The van der Waals surface area contributed by atoms with E-state index in [0.717, 1.165) is 22.4 Å². The number of aryl methyl sites for hydroxylation is 1. The zero-order valence-electron chi connectivity index (χ0n) is 16.4. The molecule has 0 aliphatic heterocycles. The van der Waals surface area contributed by atoms with Crippen LogP contribution in [0, 0.1) is 0 Å². The molecular formula is C20H17F3N6OS. The minimum Gasteiger partial charge on any atom is -0.343 e. The second kappa shape index (κ2) is 7.99. The number of benzene rings is 1. The predicted molar refractivity (Wildman–Crippen MR) is 111 cm³/mol. The number of amides is 1. The van der Waals surface area contributed by atoms with E-state index >= 15 is 0 Å². The molecule has 0 aliphatic carbocycles. The fourth-order valence-corrected chi connectivity index (χ4v) is 3.77. The fraction of sp³-hybridized carbons (Fsp3) is 0.200. The molecular weight excluding hydrogens is 429 g/mol. The van der Waals surface area contributed by atoms with Gasteiger partial charge in [-0.3, -0.25) is 9.48 Å². The molecule has 0 aliphatic rings. The normalized spacial score (nSPS) is 12.7. The van der Waals surface area contributed by atoms with Gasteiger partial charge < -0.3 is 10.6 Å². The first kappa shape index (κ1) is 20.8. The molecule has 3 heterocycles. The Kier molecular flexibility index (Phi) is 5.36. The molecule has 2 N–H and O–H groups in total. The molecule has 1 amide bonds. The van der Waals surface area contributed by atoms with Crippen molar-refractivity contribution in [2.45, 2.75) is 19.1 Å². The Bertz CT molecular complexity index is 1230. The molecule has 11 heteroatoms. The third kappa shape index (κ3) is 4.66. The predicted octanol–water partition coefficient (Wildman–Crippen LogP) is 4.68. The first-order valence-corrected chi connectivity index (χ1v) is 10.0. The number of nitrogens with zero attached hydrogens (tertiary/aromatic N) is 4. The van der Waals surface area contributed by atoms with Crippen molar-refractivity contribution in [2.24, 2.45) is 7.05 Å². The lowest BCUT2D eigenvalue weighted by Gasteiger charge is -2.11. The van der Waals surface area contributed by atoms with Crippen molar-refractivity contribution >= 4 is 39.0 Å². The minimum absolute atomic E-state index is 0.278. The number of carbonyl (C=O) groups excluding carboxylic acids is 1. The van der Waals surface area contributed by atoms with E-state index in [2.05, 4.69) is 25.7 Å². The van der Waals surface area contributed by atoms with E-state index in [1.165, 1.54) is 23.5 Å². The minimum atomic E-state index is -4.38. The number of carbonyl (C=O) groups is 1. The van der Waals surface area contributed by atoms with Gasteiger partial charge in [0.05, 0.1) is 17.8 Å². The Hall–Kier alpha value is -3.47. The van der Waals surface area contributed by atoms with Crippen LogP contribution in [0.25, 0.3) is 10.9 Å². The van der Waals surface area contributed by atoms with Gasteiger partial charge in [-0.2, -0.15) is 18.3 Å². The molecule has 4 rings (SSSR count). The highest BCUT2D eigenvalue weighted by Gasteiger charge is 2.30. The van der Waals surface area contributed by atoms with Crippen LogP contribution in [0.2, 0.25) is 0 Å². The number of hydrogen-bond acceptors (Lipinski definition) is 6. The van der Waals surface area contributed by atoms with E-state index in [1.54, 1.807) is 36.4 Å². The lowest BCUT2D eigenvalue weighted by Crippen LogP contribution is -2.26.